The van der Waals surface area contributed by atoms with Gasteiger partial charge in [0.25, 0.3) is 5.91 Å². The fourth-order valence-corrected chi connectivity index (χ4v) is 4.86. The largest absolute Gasteiger partial charge is 0.455 e. The smallest absolute Gasteiger partial charge is 0.257 e. The molecule has 0 atom stereocenters. The van der Waals surface area contributed by atoms with Gasteiger partial charge in [0.05, 0.1) is 10.9 Å². The van der Waals surface area contributed by atoms with Crippen LogP contribution in [0.3, 0.4) is 0 Å². The number of rotatable bonds is 4. The number of carbonyl (C=O) groups excluding carboxylic acids is 1. The first-order chi connectivity index (χ1) is 16.6. The minimum atomic E-state index is -0.106. The van der Waals surface area contributed by atoms with Crippen molar-refractivity contribution in [3.05, 3.63) is 81.5 Å². The van der Waals surface area contributed by atoms with Crippen LogP contribution in [0, 0.1) is 6.92 Å². The molecule has 4 aromatic rings. The van der Waals surface area contributed by atoms with Crippen LogP contribution in [0.15, 0.2) is 57.7 Å². The Balaban J connectivity index is 1.28. The number of H-pyrrole nitrogens is 1. The van der Waals surface area contributed by atoms with Crippen LogP contribution in [0.2, 0.25) is 0 Å². The first-order valence-corrected chi connectivity index (χ1v) is 11.9. The third kappa shape index (κ3) is 3.61. The Morgan fingerprint density at radius 2 is 1.76 bits per heavy atom. The molecule has 34 heavy (non-hydrogen) atoms. The Morgan fingerprint density at radius 3 is 2.50 bits per heavy atom. The van der Waals surface area contributed by atoms with Crippen LogP contribution >= 0.6 is 0 Å². The molecule has 7 nitrogen and oxygen atoms in total. The second-order valence-electron chi connectivity index (χ2n) is 9.35. The van der Waals surface area contributed by atoms with Gasteiger partial charge >= 0.3 is 0 Å². The van der Waals surface area contributed by atoms with Gasteiger partial charge in [-0.3, -0.25) is 14.7 Å². The number of nitrogens with one attached hydrogen (secondary N) is 1. The summed E-state index contributed by atoms with van der Waals surface area (Å²) in [5, 5.41) is 7.93. The molecule has 7 heteroatoms. The molecule has 1 aliphatic carbocycles. The number of aromatic amines is 1. The van der Waals surface area contributed by atoms with Crippen molar-refractivity contribution in [3.63, 3.8) is 0 Å². The van der Waals surface area contributed by atoms with Gasteiger partial charge in [-0.25, -0.2) is 4.98 Å². The molecule has 3 heterocycles. The number of fused-ring (bicyclic) bond motifs is 1. The van der Waals surface area contributed by atoms with Gasteiger partial charge in [0.2, 0.25) is 0 Å². The van der Waals surface area contributed by atoms with E-state index >= 15 is 0 Å². The highest BCUT2D eigenvalue weighted by Gasteiger charge is 2.31. The molecule has 2 aliphatic rings. The average Bonchev–Trinajstić information content (AvgIpc) is 3.62. The highest BCUT2D eigenvalue weighted by Crippen LogP contribution is 2.38. The maximum absolute atomic E-state index is 13.5. The van der Waals surface area contributed by atoms with Crippen molar-refractivity contribution >= 4 is 16.9 Å². The second kappa shape index (κ2) is 8.24. The molecule has 1 amide bonds. The van der Waals surface area contributed by atoms with E-state index < -0.39 is 0 Å². The third-order valence-corrected chi connectivity index (χ3v) is 7.04. The summed E-state index contributed by atoms with van der Waals surface area (Å²) in [5.41, 5.74) is 2.04. The summed E-state index contributed by atoms with van der Waals surface area (Å²) in [6, 6.07) is 14.8. The van der Waals surface area contributed by atoms with Crippen molar-refractivity contribution < 1.29 is 9.21 Å². The van der Waals surface area contributed by atoms with Gasteiger partial charge in [-0.1, -0.05) is 36.4 Å². The SMILES string of the molecule is Cc1c(-c2ccccc2)oc2c(C(=O)N3CCC(c4nc(C5CC5)n[nH]4)CC3)cccc2c1=O. The lowest BCUT2D eigenvalue weighted by Gasteiger charge is -2.31. The van der Waals surface area contributed by atoms with Crippen molar-refractivity contribution in [2.45, 2.75) is 44.4 Å². The number of hydrogen-bond donors (Lipinski definition) is 1. The number of aromatic nitrogens is 3. The molecule has 0 bridgehead atoms. The van der Waals surface area contributed by atoms with Crippen LogP contribution in [0.1, 0.15) is 65.1 Å². The van der Waals surface area contributed by atoms with E-state index in [0.29, 0.717) is 46.9 Å². The monoisotopic (exact) mass is 454 g/mol. The van der Waals surface area contributed by atoms with Crippen molar-refractivity contribution in [2.24, 2.45) is 0 Å². The Hall–Kier alpha value is -3.74. The topological polar surface area (TPSA) is 92.1 Å². The highest BCUT2D eigenvalue weighted by atomic mass is 16.3. The van der Waals surface area contributed by atoms with E-state index in [-0.39, 0.29) is 17.3 Å². The molecule has 2 fully saturated rings. The Labute approximate surface area is 196 Å². The summed E-state index contributed by atoms with van der Waals surface area (Å²) in [6.07, 6.45) is 4.01. The zero-order valence-corrected chi connectivity index (χ0v) is 19.1. The summed E-state index contributed by atoms with van der Waals surface area (Å²) in [6.45, 7) is 3.02. The van der Waals surface area contributed by atoms with E-state index in [1.165, 1.54) is 12.8 Å². The van der Waals surface area contributed by atoms with Crippen LogP contribution in [0.4, 0.5) is 0 Å². The van der Waals surface area contributed by atoms with Crippen molar-refractivity contribution in [3.8, 4) is 11.3 Å². The molecule has 172 valence electrons. The normalized spacial score (nSPS) is 16.8. The number of likely N-dealkylation sites (tertiary alicyclic amines) is 1. The number of hydrogen-bond acceptors (Lipinski definition) is 5. The van der Waals surface area contributed by atoms with Crippen molar-refractivity contribution in [2.75, 3.05) is 13.1 Å². The summed E-state index contributed by atoms with van der Waals surface area (Å²) in [5.74, 6) is 3.08. The molecule has 2 aromatic heterocycles. The predicted molar refractivity (Wildman–Crippen MR) is 129 cm³/mol. The standard InChI is InChI=1S/C27H26N4O3/c1-16-22(32)20-8-5-9-21(24(20)34-23(16)17-6-3-2-4-7-17)27(33)31-14-12-19(13-15-31)26-28-25(29-30-26)18-10-11-18/h2-9,18-19H,10-15H2,1H3,(H,28,29,30). The molecule has 0 spiro atoms. The maximum Gasteiger partial charge on any atom is 0.257 e. The molecule has 2 aromatic carbocycles. The van der Waals surface area contributed by atoms with E-state index in [1.54, 1.807) is 25.1 Å². The van der Waals surface area contributed by atoms with Crippen LogP contribution in [-0.2, 0) is 0 Å². The van der Waals surface area contributed by atoms with E-state index in [9.17, 15) is 9.59 Å². The van der Waals surface area contributed by atoms with Crippen molar-refractivity contribution in [1.82, 2.24) is 20.1 Å². The van der Waals surface area contributed by atoms with Crippen LogP contribution in [0.5, 0.6) is 0 Å². The number of para-hydroxylation sites is 1. The molecule has 6 rings (SSSR count). The van der Waals surface area contributed by atoms with Crippen molar-refractivity contribution in [1.29, 1.82) is 0 Å². The zero-order valence-electron chi connectivity index (χ0n) is 19.1. The number of benzene rings is 2. The van der Waals surface area contributed by atoms with E-state index in [2.05, 4.69) is 10.2 Å². The van der Waals surface area contributed by atoms with Gasteiger partial charge in [-0.2, -0.15) is 5.10 Å². The molecule has 1 saturated heterocycles. The number of carbonyl (C=O) groups is 1. The minimum absolute atomic E-state index is 0.105. The first kappa shape index (κ1) is 20.8. The lowest BCUT2D eigenvalue weighted by atomic mass is 9.95. The first-order valence-electron chi connectivity index (χ1n) is 11.9. The molecule has 0 unspecified atom stereocenters. The van der Waals surface area contributed by atoms with E-state index in [0.717, 1.165) is 30.1 Å². The van der Waals surface area contributed by atoms with E-state index in [1.807, 2.05) is 35.2 Å². The van der Waals surface area contributed by atoms with E-state index in [4.69, 9.17) is 9.40 Å². The zero-order chi connectivity index (χ0) is 23.2. The van der Waals surface area contributed by atoms with Crippen LogP contribution in [-0.4, -0.2) is 39.1 Å². The van der Waals surface area contributed by atoms with Gasteiger partial charge in [0.1, 0.15) is 11.6 Å². The third-order valence-electron chi connectivity index (χ3n) is 7.04. The molecule has 1 N–H and O–H groups in total. The lowest BCUT2D eigenvalue weighted by molar-refractivity contribution is 0.0712. The van der Waals surface area contributed by atoms with Crippen LogP contribution in [0.25, 0.3) is 22.3 Å². The molecule has 1 saturated carbocycles. The maximum atomic E-state index is 13.5. The second-order valence-corrected chi connectivity index (χ2v) is 9.35. The Kier molecular flexibility index (Phi) is 5.05. The van der Waals surface area contributed by atoms with Crippen LogP contribution < -0.4 is 5.43 Å². The number of amides is 1. The minimum Gasteiger partial charge on any atom is -0.455 e. The summed E-state index contributed by atoms with van der Waals surface area (Å²) in [7, 11) is 0. The van der Waals surface area contributed by atoms with Gasteiger partial charge in [-0.15, -0.1) is 0 Å². The molecule has 0 radical (unpaired) electrons. The number of nitrogens with zero attached hydrogens (tertiary/aromatic N) is 3. The predicted octanol–water partition coefficient (Wildman–Crippen LogP) is 4.78. The highest BCUT2D eigenvalue weighted by molar-refractivity contribution is 6.05. The average molecular weight is 455 g/mol. The summed E-state index contributed by atoms with van der Waals surface area (Å²) < 4.78 is 6.25. The quantitative estimate of drug-likeness (QED) is 0.479. The molecular formula is C27H26N4O3. The van der Waals surface area contributed by atoms with Gasteiger partial charge in [0, 0.05) is 36.1 Å². The number of piperidine rings is 1. The Morgan fingerprint density at radius 1 is 1.00 bits per heavy atom. The summed E-state index contributed by atoms with van der Waals surface area (Å²) in [4.78, 5) is 33.2. The molecule has 1 aliphatic heterocycles. The fraction of sp³-hybridized carbons (Fsp3) is 0.333. The van der Waals surface area contributed by atoms with Gasteiger partial charge in [0.15, 0.2) is 16.8 Å². The lowest BCUT2D eigenvalue weighted by Crippen LogP contribution is -2.38. The van der Waals surface area contributed by atoms with Gasteiger partial charge < -0.3 is 9.32 Å². The fourth-order valence-electron chi connectivity index (χ4n) is 4.86. The Bertz CT molecular complexity index is 1430. The molecular weight excluding hydrogens is 428 g/mol. The van der Waals surface area contributed by atoms with Gasteiger partial charge in [-0.05, 0) is 44.7 Å². The summed E-state index contributed by atoms with van der Waals surface area (Å²) >= 11 is 0.